The van der Waals surface area contributed by atoms with Gasteiger partial charge in [-0.1, -0.05) is 0 Å². The Hall–Kier alpha value is -4.35. The van der Waals surface area contributed by atoms with Gasteiger partial charge in [-0.05, 0) is 58.4 Å². The number of halogens is 2. The molecule has 1 fully saturated rings. The van der Waals surface area contributed by atoms with E-state index in [1.54, 1.807) is 18.3 Å². The summed E-state index contributed by atoms with van der Waals surface area (Å²) in [5, 5.41) is 12.5. The van der Waals surface area contributed by atoms with Crippen molar-refractivity contribution in [1.29, 1.82) is 0 Å². The largest absolute Gasteiger partial charge is 0.465 e. The van der Waals surface area contributed by atoms with E-state index in [1.807, 2.05) is 24.5 Å². The normalized spacial score (nSPS) is 20.1. The van der Waals surface area contributed by atoms with Crippen molar-refractivity contribution in [3.05, 3.63) is 54.1 Å². The van der Waals surface area contributed by atoms with Gasteiger partial charge in [-0.25, -0.2) is 33.5 Å². The van der Waals surface area contributed by atoms with E-state index in [9.17, 15) is 14.3 Å². The third-order valence-electron chi connectivity index (χ3n) is 7.86. The Morgan fingerprint density at radius 2 is 1.80 bits per heavy atom. The summed E-state index contributed by atoms with van der Waals surface area (Å²) in [5.41, 5.74) is 1.80. The lowest BCUT2D eigenvalue weighted by Gasteiger charge is -2.43. The quantitative estimate of drug-likeness (QED) is 0.359. The molecule has 2 atom stereocenters. The minimum atomic E-state index is -0.920. The van der Waals surface area contributed by atoms with Crippen LogP contribution in [0.15, 0.2) is 36.7 Å². The van der Waals surface area contributed by atoms with Gasteiger partial charge in [0, 0.05) is 30.6 Å². The average Bonchev–Trinajstić information content (AvgIpc) is 3.42. The third-order valence-corrected chi connectivity index (χ3v) is 7.86. The predicted octanol–water partition coefficient (Wildman–Crippen LogP) is 5.17. The Morgan fingerprint density at radius 1 is 1.05 bits per heavy atom. The number of amides is 1. The molecule has 0 saturated carbocycles. The summed E-state index contributed by atoms with van der Waals surface area (Å²) in [5.74, 6) is 0.195. The lowest BCUT2D eigenvalue weighted by atomic mass is 10.0. The number of hydrogen-bond acceptors (Lipinski definition) is 7. The number of carbonyl (C=O) groups is 1. The van der Waals surface area contributed by atoms with E-state index in [1.165, 1.54) is 11.0 Å². The first-order valence-corrected chi connectivity index (χ1v) is 13.3. The number of aryl methyl sites for hydroxylation is 1. The highest BCUT2D eigenvalue weighted by molar-refractivity contribution is 5.83. The fraction of sp³-hybridized carbons (Fsp3) is 0.393. The molecule has 40 heavy (non-hydrogen) atoms. The molecule has 2 unspecified atom stereocenters. The van der Waals surface area contributed by atoms with Crippen LogP contribution >= 0.6 is 0 Å². The molecule has 12 heteroatoms. The summed E-state index contributed by atoms with van der Waals surface area (Å²) >= 11 is 0. The zero-order valence-corrected chi connectivity index (χ0v) is 22.7. The van der Waals surface area contributed by atoms with E-state index < -0.39 is 17.7 Å². The number of nitrogens with one attached hydrogen (secondary N) is 1. The first-order valence-electron chi connectivity index (χ1n) is 13.3. The number of rotatable bonds is 4. The molecule has 0 aliphatic carbocycles. The number of piperazine rings is 1. The molecule has 10 nitrogen and oxygen atoms in total. The maximum atomic E-state index is 15.1. The number of anilines is 3. The molecule has 0 bridgehead atoms. The first-order chi connectivity index (χ1) is 19.0. The van der Waals surface area contributed by atoms with Crippen molar-refractivity contribution in [1.82, 2.24) is 29.4 Å². The summed E-state index contributed by atoms with van der Waals surface area (Å²) in [6.45, 7) is 9.03. The van der Waals surface area contributed by atoms with Crippen LogP contribution in [0.3, 0.4) is 0 Å². The molecule has 3 aromatic heterocycles. The van der Waals surface area contributed by atoms with Gasteiger partial charge in [0.2, 0.25) is 5.95 Å². The van der Waals surface area contributed by atoms with Crippen molar-refractivity contribution in [3.63, 3.8) is 0 Å². The molecule has 1 amide bonds. The van der Waals surface area contributed by atoms with Crippen LogP contribution in [0.2, 0.25) is 0 Å². The second kappa shape index (κ2) is 9.39. The lowest BCUT2D eigenvalue weighted by molar-refractivity contribution is 0.0982. The van der Waals surface area contributed by atoms with Crippen LogP contribution in [-0.4, -0.2) is 65.8 Å². The van der Waals surface area contributed by atoms with E-state index in [0.717, 1.165) is 30.6 Å². The maximum Gasteiger partial charge on any atom is 0.407 e. The summed E-state index contributed by atoms with van der Waals surface area (Å²) in [4.78, 5) is 32.4. The predicted molar refractivity (Wildman–Crippen MR) is 147 cm³/mol. The summed E-state index contributed by atoms with van der Waals surface area (Å²) in [7, 11) is 0. The molecule has 2 N–H and O–H groups in total. The number of imidazole rings is 1. The molecule has 4 aromatic rings. The van der Waals surface area contributed by atoms with Crippen molar-refractivity contribution in [2.45, 2.75) is 58.2 Å². The molecular weight excluding hydrogens is 518 g/mol. The van der Waals surface area contributed by atoms with Crippen molar-refractivity contribution in [2.24, 2.45) is 0 Å². The minimum absolute atomic E-state index is 0.0273. The lowest BCUT2D eigenvalue weighted by Crippen LogP contribution is -2.58. The van der Waals surface area contributed by atoms with Crippen LogP contribution in [0.4, 0.5) is 31.0 Å². The Bertz CT molecular complexity index is 1610. The fourth-order valence-corrected chi connectivity index (χ4v) is 6.00. The van der Waals surface area contributed by atoms with Crippen molar-refractivity contribution in [3.8, 4) is 11.3 Å². The Morgan fingerprint density at radius 3 is 2.48 bits per heavy atom. The van der Waals surface area contributed by atoms with Gasteiger partial charge < -0.3 is 19.9 Å². The summed E-state index contributed by atoms with van der Waals surface area (Å²) in [6, 6.07) is 6.29. The van der Waals surface area contributed by atoms with E-state index in [4.69, 9.17) is 0 Å². The Labute approximate surface area is 229 Å². The monoisotopic (exact) mass is 548 g/mol. The second-order valence-corrected chi connectivity index (χ2v) is 11.2. The highest BCUT2D eigenvalue weighted by atomic mass is 19.1. The van der Waals surface area contributed by atoms with Crippen molar-refractivity contribution >= 4 is 34.6 Å². The first kappa shape index (κ1) is 25.9. The summed E-state index contributed by atoms with van der Waals surface area (Å²) < 4.78 is 32.1. The summed E-state index contributed by atoms with van der Waals surface area (Å²) in [6.07, 6.45) is 3.48. The van der Waals surface area contributed by atoms with Crippen LogP contribution in [0, 0.1) is 11.6 Å². The van der Waals surface area contributed by atoms with Crippen LogP contribution in [0.1, 0.15) is 39.9 Å². The molecule has 6 rings (SSSR count). The molecule has 1 saturated heterocycles. The molecule has 0 radical (unpaired) electrons. The maximum absolute atomic E-state index is 15.1. The van der Waals surface area contributed by atoms with Gasteiger partial charge in [-0.3, -0.25) is 4.90 Å². The molecule has 0 spiro atoms. The highest BCUT2D eigenvalue weighted by Gasteiger charge is 2.34. The molecule has 2 aliphatic rings. The van der Waals surface area contributed by atoms with Gasteiger partial charge in [-0.2, -0.15) is 0 Å². The Balaban J connectivity index is 1.25. The minimum Gasteiger partial charge on any atom is -0.465 e. The number of hydrogen-bond donors (Lipinski definition) is 2. The van der Waals surface area contributed by atoms with Gasteiger partial charge in [0.1, 0.15) is 22.9 Å². The van der Waals surface area contributed by atoms with Crippen molar-refractivity contribution < 1.29 is 18.7 Å². The third kappa shape index (κ3) is 4.37. The van der Waals surface area contributed by atoms with Gasteiger partial charge in [-0.15, -0.1) is 0 Å². The van der Waals surface area contributed by atoms with Crippen LogP contribution in [-0.2, 0) is 12.0 Å². The van der Waals surface area contributed by atoms with E-state index in [0.29, 0.717) is 30.0 Å². The van der Waals surface area contributed by atoms with Gasteiger partial charge in [0.15, 0.2) is 11.6 Å². The van der Waals surface area contributed by atoms with E-state index in [-0.39, 0.29) is 34.8 Å². The fourth-order valence-electron chi connectivity index (χ4n) is 6.00. The zero-order chi connectivity index (χ0) is 28.3. The Kier molecular flexibility index (Phi) is 6.08. The zero-order valence-electron chi connectivity index (χ0n) is 22.7. The average molecular weight is 549 g/mol. The van der Waals surface area contributed by atoms with Gasteiger partial charge in [0.05, 0.1) is 35.7 Å². The number of aromatic nitrogens is 5. The van der Waals surface area contributed by atoms with E-state index >= 15 is 4.39 Å². The van der Waals surface area contributed by atoms with Crippen molar-refractivity contribution in [2.75, 3.05) is 23.3 Å². The van der Waals surface area contributed by atoms with Crippen LogP contribution < -0.4 is 10.2 Å². The van der Waals surface area contributed by atoms with Crippen LogP contribution in [0.25, 0.3) is 22.3 Å². The number of nitrogens with zero attached hydrogens (tertiary/aromatic N) is 7. The standard InChI is InChI=1S/C28H30F2N8O2/c1-15-13-36(14-16(2)37(15)27(39)40)18-5-6-22(31-11-18)33-26-32-12-20(30)24(35-26)17-9-19(29)25-21(10-17)38-23(34-25)7-8-28(38,3)4/h5-6,9-12,15-16H,7-8,13-14H2,1-4H3,(H,39,40)(H,31,32,33,35). The molecule has 208 valence electrons. The molecular formula is C28H30F2N8O2. The van der Waals surface area contributed by atoms with Crippen LogP contribution in [0.5, 0.6) is 0 Å². The molecule has 2 aliphatic heterocycles. The molecule has 5 heterocycles. The number of fused-ring (bicyclic) bond motifs is 3. The highest BCUT2D eigenvalue weighted by Crippen LogP contribution is 2.38. The number of pyridine rings is 1. The number of carboxylic acid groups (broad SMARTS) is 1. The second-order valence-electron chi connectivity index (χ2n) is 11.2. The molecule has 1 aromatic carbocycles. The van der Waals surface area contributed by atoms with Gasteiger partial charge >= 0.3 is 6.09 Å². The SMILES string of the molecule is CC1CN(c2ccc(Nc3ncc(F)c(-c4cc(F)c5nc6n(c5c4)C(C)(C)CC6)n3)nc2)CC(C)N1C(=O)O. The smallest absolute Gasteiger partial charge is 0.407 e. The van der Waals surface area contributed by atoms with E-state index in [2.05, 4.69) is 44.0 Å². The topological polar surface area (TPSA) is 112 Å². The number of benzene rings is 1. The van der Waals surface area contributed by atoms with Gasteiger partial charge in [0.25, 0.3) is 0 Å².